The summed E-state index contributed by atoms with van der Waals surface area (Å²) in [6.07, 6.45) is 1.52. The second-order valence-corrected chi connectivity index (χ2v) is 4.54. The van der Waals surface area contributed by atoms with Crippen LogP contribution in [0.25, 0.3) is 0 Å². The van der Waals surface area contributed by atoms with Gasteiger partial charge in [-0.15, -0.1) is 0 Å². The van der Waals surface area contributed by atoms with Crippen LogP contribution in [0.15, 0.2) is 36.5 Å². The van der Waals surface area contributed by atoms with E-state index in [2.05, 4.69) is 4.98 Å². The van der Waals surface area contributed by atoms with Gasteiger partial charge in [-0.3, -0.25) is 10.1 Å². The van der Waals surface area contributed by atoms with Crippen molar-refractivity contribution in [2.45, 2.75) is 13.0 Å². The molecule has 0 saturated heterocycles. The molecule has 0 spiro atoms. The van der Waals surface area contributed by atoms with Crippen molar-refractivity contribution >= 4 is 17.3 Å². The second-order valence-electron chi connectivity index (χ2n) is 4.13. The molecule has 1 aromatic heterocycles. The standard InChI is InChI=1S/C13H12ClN3O3/c1-8(15)9-4-3-7-16-13(9)20-12-10(14)5-2-6-11(12)17(18)19/h2-8H,15H2,1H3/t8-/m0/s1. The zero-order valence-electron chi connectivity index (χ0n) is 10.6. The Hall–Kier alpha value is -2.18. The molecule has 20 heavy (non-hydrogen) atoms. The number of hydrogen-bond donors (Lipinski definition) is 1. The lowest BCUT2D eigenvalue weighted by Crippen LogP contribution is -2.08. The Labute approximate surface area is 120 Å². The normalized spacial score (nSPS) is 11.9. The molecule has 0 fully saturated rings. The molecule has 0 aliphatic rings. The van der Waals surface area contributed by atoms with Crippen LogP contribution in [-0.2, 0) is 0 Å². The Balaban J connectivity index is 2.48. The summed E-state index contributed by atoms with van der Waals surface area (Å²) in [4.78, 5) is 14.5. The topological polar surface area (TPSA) is 91.3 Å². The molecule has 6 nitrogen and oxygen atoms in total. The van der Waals surface area contributed by atoms with E-state index in [4.69, 9.17) is 22.1 Å². The molecule has 2 rings (SSSR count). The first kappa shape index (κ1) is 14.2. The summed E-state index contributed by atoms with van der Waals surface area (Å²) in [5, 5.41) is 11.1. The van der Waals surface area contributed by atoms with Gasteiger partial charge in [-0.05, 0) is 19.1 Å². The fourth-order valence-electron chi connectivity index (χ4n) is 1.67. The van der Waals surface area contributed by atoms with Crippen LogP contribution in [0, 0.1) is 10.1 Å². The van der Waals surface area contributed by atoms with E-state index in [1.807, 2.05) is 0 Å². The van der Waals surface area contributed by atoms with Gasteiger partial charge in [0.25, 0.3) is 0 Å². The molecule has 2 aromatic rings. The minimum absolute atomic E-state index is 0.0419. The van der Waals surface area contributed by atoms with Crippen molar-refractivity contribution in [2.24, 2.45) is 5.73 Å². The van der Waals surface area contributed by atoms with Gasteiger partial charge in [0.05, 0.1) is 9.95 Å². The van der Waals surface area contributed by atoms with Gasteiger partial charge < -0.3 is 10.5 Å². The van der Waals surface area contributed by atoms with Crippen LogP contribution >= 0.6 is 11.6 Å². The van der Waals surface area contributed by atoms with Gasteiger partial charge in [-0.25, -0.2) is 4.98 Å². The second kappa shape index (κ2) is 5.85. The quantitative estimate of drug-likeness (QED) is 0.688. The number of rotatable bonds is 4. The van der Waals surface area contributed by atoms with E-state index < -0.39 is 4.92 Å². The summed E-state index contributed by atoms with van der Waals surface area (Å²) in [6.45, 7) is 1.77. The van der Waals surface area contributed by atoms with E-state index >= 15 is 0 Å². The molecule has 0 bridgehead atoms. The molecule has 0 radical (unpaired) electrons. The molecule has 0 amide bonds. The highest BCUT2D eigenvalue weighted by atomic mass is 35.5. The van der Waals surface area contributed by atoms with E-state index in [9.17, 15) is 10.1 Å². The number of para-hydroxylation sites is 1. The van der Waals surface area contributed by atoms with Gasteiger partial charge in [-0.2, -0.15) is 0 Å². The highest BCUT2D eigenvalue weighted by Gasteiger charge is 2.21. The summed E-state index contributed by atoms with van der Waals surface area (Å²) in [6, 6.07) is 7.45. The Bertz CT molecular complexity index is 647. The molecular weight excluding hydrogens is 282 g/mol. The fourth-order valence-corrected chi connectivity index (χ4v) is 1.88. The van der Waals surface area contributed by atoms with Crippen molar-refractivity contribution in [2.75, 3.05) is 0 Å². The molecule has 0 unspecified atom stereocenters. The number of benzene rings is 1. The summed E-state index contributed by atoms with van der Waals surface area (Å²) in [5.74, 6) is 0.165. The number of pyridine rings is 1. The number of nitrogens with zero attached hydrogens (tertiary/aromatic N) is 2. The maximum absolute atomic E-state index is 11.0. The number of nitrogens with two attached hydrogens (primary N) is 1. The van der Waals surface area contributed by atoms with Crippen molar-refractivity contribution in [3.05, 3.63) is 57.2 Å². The largest absolute Gasteiger partial charge is 0.430 e. The molecule has 0 aliphatic carbocycles. The molecule has 0 saturated carbocycles. The van der Waals surface area contributed by atoms with Crippen molar-refractivity contribution < 1.29 is 9.66 Å². The highest BCUT2D eigenvalue weighted by Crippen LogP contribution is 2.38. The van der Waals surface area contributed by atoms with Crippen molar-refractivity contribution in [1.82, 2.24) is 4.98 Å². The third-order valence-electron chi connectivity index (χ3n) is 2.63. The molecule has 104 valence electrons. The van der Waals surface area contributed by atoms with Gasteiger partial charge in [0.1, 0.15) is 0 Å². The lowest BCUT2D eigenvalue weighted by molar-refractivity contribution is -0.385. The summed E-state index contributed by atoms with van der Waals surface area (Å²) >= 11 is 5.97. The monoisotopic (exact) mass is 293 g/mol. The number of nitro groups is 1. The first-order valence-corrected chi connectivity index (χ1v) is 6.19. The smallest absolute Gasteiger partial charge is 0.313 e. The van der Waals surface area contributed by atoms with Crippen molar-refractivity contribution in [1.29, 1.82) is 0 Å². The molecule has 1 heterocycles. The SMILES string of the molecule is C[C@H](N)c1cccnc1Oc1c(Cl)cccc1[N+](=O)[O-]. The number of ether oxygens (including phenoxy) is 1. The predicted octanol–water partition coefficient (Wildman–Crippen LogP) is 3.46. The van der Waals surface area contributed by atoms with Gasteiger partial charge in [0, 0.05) is 23.9 Å². The summed E-state index contributed by atoms with van der Waals surface area (Å²) < 4.78 is 5.53. The number of hydrogen-bond acceptors (Lipinski definition) is 5. The van der Waals surface area contributed by atoms with Crippen molar-refractivity contribution in [3.63, 3.8) is 0 Å². The first-order chi connectivity index (χ1) is 9.50. The predicted molar refractivity (Wildman–Crippen MR) is 75.0 cm³/mol. The third kappa shape index (κ3) is 2.87. The minimum atomic E-state index is -0.560. The van der Waals surface area contributed by atoms with Gasteiger partial charge in [0.2, 0.25) is 11.6 Å². The van der Waals surface area contributed by atoms with E-state index in [0.717, 1.165) is 0 Å². The molecule has 0 aliphatic heterocycles. The van der Waals surface area contributed by atoms with E-state index in [0.29, 0.717) is 5.56 Å². The Morgan fingerprint density at radius 3 is 2.80 bits per heavy atom. The van der Waals surface area contributed by atoms with Gasteiger partial charge >= 0.3 is 5.69 Å². The van der Waals surface area contributed by atoms with E-state index in [-0.39, 0.29) is 28.4 Å². The van der Waals surface area contributed by atoms with Crippen LogP contribution in [0.5, 0.6) is 11.6 Å². The maximum Gasteiger partial charge on any atom is 0.313 e. The van der Waals surface area contributed by atoms with Gasteiger partial charge in [0.15, 0.2) is 0 Å². The highest BCUT2D eigenvalue weighted by molar-refractivity contribution is 6.32. The number of aromatic nitrogens is 1. The average molecular weight is 294 g/mol. The van der Waals surface area contributed by atoms with Crippen LogP contribution in [-0.4, -0.2) is 9.91 Å². The molecule has 1 aromatic carbocycles. The average Bonchev–Trinajstić information content (AvgIpc) is 2.41. The van der Waals surface area contributed by atoms with Crippen molar-refractivity contribution in [3.8, 4) is 11.6 Å². The third-order valence-corrected chi connectivity index (χ3v) is 2.93. The number of halogens is 1. The lowest BCUT2D eigenvalue weighted by atomic mass is 10.1. The molecule has 1 atom stereocenters. The fraction of sp³-hybridized carbons (Fsp3) is 0.154. The van der Waals surface area contributed by atoms with Gasteiger partial charge in [-0.1, -0.05) is 23.7 Å². The van der Waals surface area contributed by atoms with Crippen LogP contribution in [0.1, 0.15) is 18.5 Å². The molecular formula is C13H12ClN3O3. The Morgan fingerprint density at radius 2 is 2.15 bits per heavy atom. The molecule has 7 heteroatoms. The zero-order valence-corrected chi connectivity index (χ0v) is 11.4. The lowest BCUT2D eigenvalue weighted by Gasteiger charge is -2.12. The maximum atomic E-state index is 11.0. The van der Waals surface area contributed by atoms with E-state index in [1.165, 1.54) is 24.4 Å². The Morgan fingerprint density at radius 1 is 1.40 bits per heavy atom. The number of nitro benzene ring substituents is 1. The summed E-state index contributed by atoms with van der Waals surface area (Å²) in [5.41, 5.74) is 6.23. The van der Waals surface area contributed by atoms with Crippen LogP contribution in [0.4, 0.5) is 5.69 Å². The first-order valence-electron chi connectivity index (χ1n) is 5.82. The van der Waals surface area contributed by atoms with E-state index in [1.54, 1.807) is 19.1 Å². The van der Waals surface area contributed by atoms with Crippen LogP contribution < -0.4 is 10.5 Å². The summed E-state index contributed by atoms with van der Waals surface area (Å²) in [7, 11) is 0. The zero-order chi connectivity index (χ0) is 14.7. The van der Waals surface area contributed by atoms with Crippen LogP contribution in [0.3, 0.4) is 0 Å². The Kier molecular flexibility index (Phi) is 4.16. The molecule has 2 N–H and O–H groups in total. The van der Waals surface area contributed by atoms with Crippen LogP contribution in [0.2, 0.25) is 5.02 Å². The minimum Gasteiger partial charge on any atom is -0.430 e.